The lowest BCUT2D eigenvalue weighted by Crippen LogP contribution is -2.56. The lowest BCUT2D eigenvalue weighted by atomic mass is 10.2. The predicted octanol–water partition coefficient (Wildman–Crippen LogP) is 5.00. The molecule has 1 amide bonds. The Bertz CT molecular complexity index is 819. The fourth-order valence-electron chi connectivity index (χ4n) is 1.91. The van der Waals surface area contributed by atoms with Crippen LogP contribution in [0.2, 0.25) is 0 Å². The number of para-hydroxylation sites is 1. The molecule has 0 aliphatic carbocycles. The average Bonchev–Trinajstić information content (AvgIpc) is 2.56. The predicted molar refractivity (Wildman–Crippen MR) is 111 cm³/mol. The molecule has 1 unspecified atom stereocenters. The Hall–Kier alpha value is -1.12. The van der Waals surface area contributed by atoms with Crippen molar-refractivity contribution in [3.8, 4) is 0 Å². The van der Waals surface area contributed by atoms with E-state index in [2.05, 4.69) is 31.9 Å². The molecule has 0 spiro atoms. The van der Waals surface area contributed by atoms with E-state index < -0.39 is 21.7 Å². The number of anilines is 1. The second-order valence-electron chi connectivity index (χ2n) is 5.01. The van der Waals surface area contributed by atoms with Gasteiger partial charge in [0.15, 0.2) is 5.11 Å². The van der Waals surface area contributed by atoms with Crippen molar-refractivity contribution in [1.29, 1.82) is 0 Å². The number of carbonyl (C=O) groups excluding carboxylic acids is 1. The molecule has 138 valence electrons. The lowest BCUT2D eigenvalue weighted by Gasteiger charge is -2.28. The summed E-state index contributed by atoms with van der Waals surface area (Å²) in [6, 6.07) is 12.7. The zero-order valence-corrected chi connectivity index (χ0v) is 17.6. The summed E-state index contributed by atoms with van der Waals surface area (Å²) in [5.74, 6) is -1.45. The Morgan fingerprint density at radius 3 is 2.31 bits per heavy atom. The molecule has 0 aliphatic heterocycles. The van der Waals surface area contributed by atoms with Crippen LogP contribution >= 0.6 is 63.0 Å². The van der Waals surface area contributed by atoms with Crippen molar-refractivity contribution >= 4 is 79.7 Å². The van der Waals surface area contributed by atoms with Gasteiger partial charge in [0.05, 0.1) is 11.3 Å². The first-order valence-corrected chi connectivity index (χ1v) is 9.46. The van der Waals surface area contributed by atoms with Crippen molar-refractivity contribution in [2.75, 3.05) is 5.32 Å². The number of nitrogens with one attached hydrogen (secondary N) is 3. The van der Waals surface area contributed by atoms with E-state index in [1.54, 1.807) is 6.07 Å². The third-order valence-corrected chi connectivity index (χ3v) is 4.68. The van der Waals surface area contributed by atoms with Gasteiger partial charge in [-0.25, -0.2) is 4.39 Å². The molecule has 0 bridgehead atoms. The van der Waals surface area contributed by atoms with Gasteiger partial charge < -0.3 is 16.0 Å². The molecule has 2 aromatic rings. The highest BCUT2D eigenvalue weighted by atomic mass is 79.9. The van der Waals surface area contributed by atoms with Gasteiger partial charge in [0.2, 0.25) is 3.79 Å². The van der Waals surface area contributed by atoms with Crippen LogP contribution in [0.25, 0.3) is 0 Å². The van der Waals surface area contributed by atoms with Gasteiger partial charge in [-0.05, 0) is 52.4 Å². The van der Waals surface area contributed by atoms with Crippen molar-refractivity contribution in [3.63, 3.8) is 0 Å². The summed E-state index contributed by atoms with van der Waals surface area (Å²) in [6.45, 7) is 0. The van der Waals surface area contributed by atoms with Gasteiger partial charge in [0.25, 0.3) is 5.91 Å². The van der Waals surface area contributed by atoms with Crippen LogP contribution in [0.1, 0.15) is 10.4 Å². The zero-order chi connectivity index (χ0) is 19.3. The van der Waals surface area contributed by atoms with Crippen molar-refractivity contribution in [1.82, 2.24) is 10.6 Å². The molecule has 0 aliphatic rings. The second-order valence-corrected chi connectivity index (χ2v) is 8.64. The van der Waals surface area contributed by atoms with E-state index in [1.807, 2.05) is 18.2 Å². The SMILES string of the molecule is O=C(NC(NC(=S)Nc1ccccc1Br)C(Cl)(Cl)Cl)c1ccccc1F. The van der Waals surface area contributed by atoms with Gasteiger partial charge in [-0.1, -0.05) is 59.1 Å². The summed E-state index contributed by atoms with van der Waals surface area (Å²) in [5, 5.41) is 8.13. The Kier molecular flexibility index (Phi) is 7.49. The average molecular weight is 500 g/mol. The normalized spacial score (nSPS) is 12.2. The van der Waals surface area contributed by atoms with Gasteiger partial charge in [-0.3, -0.25) is 4.79 Å². The Morgan fingerprint density at radius 2 is 1.69 bits per heavy atom. The summed E-state index contributed by atoms with van der Waals surface area (Å²) >= 11 is 26.3. The topological polar surface area (TPSA) is 53.2 Å². The smallest absolute Gasteiger partial charge is 0.255 e. The minimum absolute atomic E-state index is 0.0991. The van der Waals surface area contributed by atoms with Gasteiger partial charge in [-0.15, -0.1) is 0 Å². The van der Waals surface area contributed by atoms with Gasteiger partial charge in [0, 0.05) is 4.47 Å². The molecule has 0 heterocycles. The summed E-state index contributed by atoms with van der Waals surface area (Å²) in [5.41, 5.74) is 0.492. The van der Waals surface area contributed by atoms with Crippen LogP contribution in [-0.4, -0.2) is 21.0 Å². The second kappa shape index (κ2) is 9.19. The van der Waals surface area contributed by atoms with Crippen molar-refractivity contribution in [2.24, 2.45) is 0 Å². The molecule has 1 atom stereocenters. The maximum absolute atomic E-state index is 13.8. The summed E-state index contributed by atoms with van der Waals surface area (Å²) in [4.78, 5) is 12.3. The highest BCUT2D eigenvalue weighted by Gasteiger charge is 2.35. The fourth-order valence-corrected chi connectivity index (χ4v) is 2.85. The number of carbonyl (C=O) groups is 1. The molecule has 0 saturated carbocycles. The van der Waals surface area contributed by atoms with E-state index in [4.69, 9.17) is 47.0 Å². The highest BCUT2D eigenvalue weighted by molar-refractivity contribution is 9.10. The number of alkyl halides is 3. The number of halogens is 5. The van der Waals surface area contributed by atoms with E-state index in [0.717, 1.165) is 10.5 Å². The summed E-state index contributed by atoms with van der Waals surface area (Å²) in [6.07, 6.45) is -1.21. The third-order valence-electron chi connectivity index (χ3n) is 3.12. The number of rotatable bonds is 4. The Balaban J connectivity index is 2.10. The van der Waals surface area contributed by atoms with Crippen LogP contribution in [0, 0.1) is 5.82 Å². The molecule has 0 radical (unpaired) electrons. The van der Waals surface area contributed by atoms with Crippen molar-refractivity contribution in [2.45, 2.75) is 9.96 Å². The fraction of sp³-hybridized carbons (Fsp3) is 0.125. The van der Waals surface area contributed by atoms with Crippen LogP contribution in [0.4, 0.5) is 10.1 Å². The van der Waals surface area contributed by atoms with Gasteiger partial charge in [0.1, 0.15) is 12.0 Å². The molecule has 26 heavy (non-hydrogen) atoms. The van der Waals surface area contributed by atoms with Gasteiger partial charge in [-0.2, -0.15) is 0 Å². The molecule has 2 rings (SSSR count). The summed E-state index contributed by atoms with van der Waals surface area (Å²) < 4.78 is 12.6. The molecule has 0 fully saturated rings. The molecule has 0 aromatic heterocycles. The monoisotopic (exact) mass is 497 g/mol. The number of hydrogen-bond acceptors (Lipinski definition) is 2. The quantitative estimate of drug-likeness (QED) is 0.315. The molecule has 2 aromatic carbocycles. The highest BCUT2D eigenvalue weighted by Crippen LogP contribution is 2.29. The van der Waals surface area contributed by atoms with Gasteiger partial charge >= 0.3 is 0 Å². The largest absolute Gasteiger partial charge is 0.339 e. The Morgan fingerprint density at radius 1 is 1.08 bits per heavy atom. The maximum Gasteiger partial charge on any atom is 0.255 e. The molecular weight excluding hydrogens is 488 g/mol. The molecule has 10 heteroatoms. The first-order valence-electron chi connectivity index (χ1n) is 7.12. The molecule has 4 nitrogen and oxygen atoms in total. The molecular formula is C16H12BrCl3FN3OS. The molecule has 3 N–H and O–H groups in total. The number of hydrogen-bond donors (Lipinski definition) is 3. The van der Waals surface area contributed by atoms with E-state index in [1.165, 1.54) is 18.2 Å². The van der Waals surface area contributed by atoms with Crippen LogP contribution < -0.4 is 16.0 Å². The number of benzene rings is 2. The minimum Gasteiger partial charge on any atom is -0.339 e. The zero-order valence-electron chi connectivity index (χ0n) is 12.9. The van der Waals surface area contributed by atoms with Crippen LogP contribution in [0.3, 0.4) is 0 Å². The first kappa shape index (κ1) is 21.2. The Labute approximate surface area is 178 Å². The molecule has 0 saturated heterocycles. The van der Waals surface area contributed by atoms with E-state index in [-0.39, 0.29) is 10.7 Å². The van der Waals surface area contributed by atoms with E-state index in [0.29, 0.717) is 5.69 Å². The van der Waals surface area contributed by atoms with Crippen LogP contribution in [-0.2, 0) is 0 Å². The summed E-state index contributed by atoms with van der Waals surface area (Å²) in [7, 11) is 0. The third kappa shape index (κ3) is 5.96. The van der Waals surface area contributed by atoms with Crippen LogP contribution in [0.5, 0.6) is 0 Å². The minimum atomic E-state index is -1.94. The van der Waals surface area contributed by atoms with Crippen molar-refractivity contribution in [3.05, 3.63) is 64.4 Å². The van der Waals surface area contributed by atoms with Crippen molar-refractivity contribution < 1.29 is 9.18 Å². The number of thiocarbonyl (C=S) groups is 1. The van der Waals surface area contributed by atoms with E-state index >= 15 is 0 Å². The lowest BCUT2D eigenvalue weighted by molar-refractivity contribution is 0.0930. The standard InChI is InChI=1S/C16H12BrCl3FN3OS/c17-10-6-2-4-8-12(10)22-15(26)24-14(16(18,19)20)23-13(25)9-5-1-3-7-11(9)21/h1-8,14H,(H,23,25)(H2,22,24,26). The number of amides is 1. The first-order chi connectivity index (χ1) is 12.2. The maximum atomic E-state index is 13.8. The van der Waals surface area contributed by atoms with E-state index in [9.17, 15) is 9.18 Å². The van der Waals surface area contributed by atoms with Crippen LogP contribution in [0.15, 0.2) is 53.0 Å².